The van der Waals surface area contributed by atoms with Gasteiger partial charge in [0.1, 0.15) is 6.29 Å². The second-order valence-corrected chi connectivity index (χ2v) is 3.57. The van der Waals surface area contributed by atoms with Crippen LogP contribution in [0.5, 0.6) is 0 Å². The molecule has 0 saturated heterocycles. The van der Waals surface area contributed by atoms with Crippen molar-refractivity contribution >= 4 is 6.29 Å². The van der Waals surface area contributed by atoms with Crippen LogP contribution in [0, 0.1) is 0 Å². The molecule has 0 spiro atoms. The fraction of sp³-hybridized carbons (Fsp3) is 0.154. The Morgan fingerprint density at radius 1 is 1.27 bits per heavy atom. The molecule has 0 aromatic heterocycles. The van der Waals surface area contributed by atoms with Gasteiger partial charge in [-0.3, -0.25) is 4.79 Å². The third kappa shape index (κ3) is 2.56. The Hall–Kier alpha value is -1.83. The van der Waals surface area contributed by atoms with Crippen LogP contribution in [0.4, 0.5) is 0 Å². The van der Waals surface area contributed by atoms with Gasteiger partial charge < -0.3 is 4.90 Å². The summed E-state index contributed by atoms with van der Waals surface area (Å²) in [6.07, 6.45) is 7.59. The lowest BCUT2D eigenvalue weighted by Gasteiger charge is -2.19. The summed E-state index contributed by atoms with van der Waals surface area (Å²) in [6.45, 7) is 0.814. The number of rotatable bonds is 3. The summed E-state index contributed by atoms with van der Waals surface area (Å²) in [6, 6.07) is 10.2. The van der Waals surface area contributed by atoms with E-state index in [2.05, 4.69) is 12.1 Å². The minimum absolute atomic E-state index is 0.745. The lowest BCUT2D eigenvalue weighted by molar-refractivity contribution is -0.105. The first kappa shape index (κ1) is 9.71. The number of nitrogens with zero attached hydrogens (tertiary/aromatic N) is 1. The maximum Gasteiger partial charge on any atom is 0.147 e. The van der Waals surface area contributed by atoms with E-state index in [1.165, 1.54) is 5.56 Å². The largest absolute Gasteiger partial charge is 0.350 e. The van der Waals surface area contributed by atoms with Crippen LogP contribution in [0.1, 0.15) is 12.0 Å². The maximum atomic E-state index is 10.6. The second kappa shape index (κ2) is 4.60. The maximum absolute atomic E-state index is 10.6. The van der Waals surface area contributed by atoms with Gasteiger partial charge in [-0.25, -0.2) is 0 Å². The molecule has 1 aromatic rings. The van der Waals surface area contributed by atoms with Crippen LogP contribution in [0.25, 0.3) is 0 Å². The van der Waals surface area contributed by atoms with E-state index in [-0.39, 0.29) is 0 Å². The molecule has 0 amide bonds. The van der Waals surface area contributed by atoms with Crippen LogP contribution in [0.15, 0.2) is 54.4 Å². The molecule has 0 N–H and O–H groups in total. The Balaban J connectivity index is 2.07. The highest BCUT2D eigenvalue weighted by molar-refractivity contribution is 5.73. The number of benzene rings is 1. The molecule has 76 valence electrons. The van der Waals surface area contributed by atoms with Crippen molar-refractivity contribution in [2.45, 2.75) is 13.0 Å². The van der Waals surface area contributed by atoms with Gasteiger partial charge in [0.2, 0.25) is 0 Å². The van der Waals surface area contributed by atoms with Crippen LogP contribution < -0.4 is 0 Å². The molecule has 0 atom stereocenters. The van der Waals surface area contributed by atoms with Crippen molar-refractivity contribution in [3.8, 4) is 0 Å². The van der Waals surface area contributed by atoms with E-state index >= 15 is 0 Å². The van der Waals surface area contributed by atoms with E-state index in [9.17, 15) is 4.79 Å². The summed E-state index contributed by atoms with van der Waals surface area (Å²) in [5, 5.41) is 0. The van der Waals surface area contributed by atoms with Crippen molar-refractivity contribution in [1.82, 2.24) is 4.90 Å². The molecule has 1 heterocycles. The molecule has 1 aromatic carbocycles. The monoisotopic (exact) mass is 199 g/mol. The number of carbonyl (C=O) groups excluding carboxylic acids is 1. The number of allylic oxidation sites excluding steroid dienone is 2. The normalized spacial score (nSPS) is 14.9. The summed E-state index contributed by atoms with van der Waals surface area (Å²) >= 11 is 0. The Kier molecular flexibility index (Phi) is 2.98. The summed E-state index contributed by atoms with van der Waals surface area (Å²) in [7, 11) is 0. The molecule has 0 unspecified atom stereocenters. The predicted molar refractivity (Wildman–Crippen MR) is 59.9 cm³/mol. The first-order valence-corrected chi connectivity index (χ1v) is 5.01. The first-order valence-electron chi connectivity index (χ1n) is 5.01. The van der Waals surface area contributed by atoms with Crippen LogP contribution in [0.3, 0.4) is 0 Å². The molecule has 1 aliphatic rings. The van der Waals surface area contributed by atoms with Crippen molar-refractivity contribution in [3.63, 3.8) is 0 Å². The van der Waals surface area contributed by atoms with Crippen molar-refractivity contribution in [2.24, 2.45) is 0 Å². The molecule has 0 saturated carbocycles. The Bertz CT molecular complexity index is 392. The van der Waals surface area contributed by atoms with E-state index in [1.54, 1.807) is 0 Å². The van der Waals surface area contributed by atoms with Crippen LogP contribution in [-0.2, 0) is 11.3 Å². The highest BCUT2D eigenvalue weighted by atomic mass is 16.1. The molecule has 0 bridgehead atoms. The summed E-state index contributed by atoms with van der Waals surface area (Å²) < 4.78 is 0. The molecule has 2 rings (SSSR count). The standard InChI is InChI=1S/C13H13NO/c15-11-13-7-4-8-14(10-13)9-12-5-2-1-3-6-12/h1-6,8,10-11H,7,9H2. The Morgan fingerprint density at radius 3 is 2.80 bits per heavy atom. The third-order valence-electron chi connectivity index (χ3n) is 2.34. The van der Waals surface area contributed by atoms with E-state index in [4.69, 9.17) is 0 Å². The van der Waals surface area contributed by atoms with Gasteiger partial charge in [-0.05, 0) is 12.0 Å². The average Bonchev–Trinajstić information content (AvgIpc) is 2.31. The highest BCUT2D eigenvalue weighted by Crippen LogP contribution is 2.13. The molecule has 2 nitrogen and oxygen atoms in total. The highest BCUT2D eigenvalue weighted by Gasteiger charge is 2.04. The zero-order valence-corrected chi connectivity index (χ0v) is 8.47. The van der Waals surface area contributed by atoms with Gasteiger partial charge in [0.05, 0.1) is 0 Å². The van der Waals surface area contributed by atoms with E-state index in [0.29, 0.717) is 0 Å². The molecule has 2 heteroatoms. The smallest absolute Gasteiger partial charge is 0.147 e. The SMILES string of the molecule is O=CC1=CN(Cc2ccccc2)C=CC1. The molecular formula is C13H13NO. The van der Waals surface area contributed by atoms with Crippen molar-refractivity contribution in [2.75, 3.05) is 0 Å². The summed E-state index contributed by atoms with van der Waals surface area (Å²) in [5.41, 5.74) is 2.07. The quantitative estimate of drug-likeness (QED) is 0.697. The minimum atomic E-state index is 0.745. The number of carbonyl (C=O) groups is 1. The Labute approximate surface area is 89.5 Å². The minimum Gasteiger partial charge on any atom is -0.350 e. The lowest BCUT2D eigenvalue weighted by atomic mass is 10.1. The van der Waals surface area contributed by atoms with Crippen molar-refractivity contribution in [1.29, 1.82) is 0 Å². The van der Waals surface area contributed by atoms with Crippen molar-refractivity contribution in [3.05, 3.63) is 59.9 Å². The number of aldehydes is 1. The first-order chi connectivity index (χ1) is 7.38. The lowest BCUT2D eigenvalue weighted by Crippen LogP contribution is -2.13. The van der Waals surface area contributed by atoms with Gasteiger partial charge in [0, 0.05) is 24.5 Å². The van der Waals surface area contributed by atoms with Crippen LogP contribution >= 0.6 is 0 Å². The Morgan fingerprint density at radius 2 is 2.07 bits per heavy atom. The zero-order valence-electron chi connectivity index (χ0n) is 8.47. The van der Waals surface area contributed by atoms with E-state index in [1.807, 2.05) is 41.6 Å². The fourth-order valence-corrected chi connectivity index (χ4v) is 1.60. The van der Waals surface area contributed by atoms with Crippen LogP contribution in [0.2, 0.25) is 0 Å². The summed E-state index contributed by atoms with van der Waals surface area (Å²) in [5.74, 6) is 0. The van der Waals surface area contributed by atoms with Gasteiger partial charge in [0.15, 0.2) is 0 Å². The molecule has 0 radical (unpaired) electrons. The van der Waals surface area contributed by atoms with Gasteiger partial charge in [-0.1, -0.05) is 36.4 Å². The third-order valence-corrected chi connectivity index (χ3v) is 2.34. The molecule has 1 aliphatic heterocycles. The summed E-state index contributed by atoms with van der Waals surface area (Å²) in [4.78, 5) is 12.7. The fourth-order valence-electron chi connectivity index (χ4n) is 1.60. The van der Waals surface area contributed by atoms with Crippen molar-refractivity contribution < 1.29 is 4.79 Å². The number of hydrogen-bond donors (Lipinski definition) is 0. The molecule has 0 fully saturated rings. The average molecular weight is 199 g/mol. The van der Waals surface area contributed by atoms with Gasteiger partial charge >= 0.3 is 0 Å². The topological polar surface area (TPSA) is 20.3 Å². The molecule has 15 heavy (non-hydrogen) atoms. The number of hydrogen-bond acceptors (Lipinski definition) is 2. The molecule has 0 aliphatic carbocycles. The van der Waals surface area contributed by atoms with Gasteiger partial charge in [-0.2, -0.15) is 0 Å². The van der Waals surface area contributed by atoms with Crippen LogP contribution in [-0.4, -0.2) is 11.2 Å². The second-order valence-electron chi connectivity index (χ2n) is 3.57. The van der Waals surface area contributed by atoms with Gasteiger partial charge in [-0.15, -0.1) is 0 Å². The predicted octanol–water partition coefficient (Wildman–Crippen LogP) is 2.49. The molecular weight excluding hydrogens is 186 g/mol. The zero-order chi connectivity index (χ0) is 10.5. The van der Waals surface area contributed by atoms with E-state index in [0.717, 1.165) is 24.8 Å². The van der Waals surface area contributed by atoms with Gasteiger partial charge in [0.25, 0.3) is 0 Å². The van der Waals surface area contributed by atoms with E-state index < -0.39 is 0 Å².